The molecule has 0 fully saturated rings. The summed E-state index contributed by atoms with van der Waals surface area (Å²) in [7, 11) is 0. The first kappa shape index (κ1) is 14.9. The van der Waals surface area contributed by atoms with Crippen molar-refractivity contribution in [2.45, 2.75) is 43.3 Å². The fourth-order valence-electron chi connectivity index (χ4n) is 2.64. The number of hydrogen-bond acceptors (Lipinski definition) is 4. The molecule has 1 aliphatic rings. The van der Waals surface area contributed by atoms with Crippen molar-refractivity contribution in [3.05, 3.63) is 41.4 Å². The lowest BCUT2D eigenvalue weighted by molar-refractivity contribution is 0.397. The highest BCUT2D eigenvalue weighted by molar-refractivity contribution is 7.99. The number of rotatable bonds is 5. The van der Waals surface area contributed by atoms with Crippen LogP contribution in [0.3, 0.4) is 0 Å². The van der Waals surface area contributed by atoms with Gasteiger partial charge in [0.15, 0.2) is 0 Å². The summed E-state index contributed by atoms with van der Waals surface area (Å²) >= 11 is 8.07. The Kier molecular flexibility index (Phi) is 4.83. The molecule has 4 nitrogen and oxygen atoms in total. The predicted molar refractivity (Wildman–Crippen MR) is 86.8 cm³/mol. The van der Waals surface area contributed by atoms with Crippen molar-refractivity contribution in [2.24, 2.45) is 0 Å². The first-order valence-corrected chi connectivity index (χ1v) is 8.59. The fourth-order valence-corrected chi connectivity index (χ4v) is 3.93. The molecule has 0 radical (unpaired) electrons. The average Bonchev–Trinajstić information content (AvgIpc) is 2.99. The van der Waals surface area contributed by atoms with Crippen molar-refractivity contribution < 1.29 is 0 Å². The monoisotopic (exact) mass is 322 g/mol. The molecule has 1 aromatic heterocycles. The number of hydrogen-bond donors (Lipinski definition) is 1. The average molecular weight is 323 g/mol. The number of benzene rings is 1. The van der Waals surface area contributed by atoms with Crippen molar-refractivity contribution >= 4 is 23.4 Å². The van der Waals surface area contributed by atoms with Crippen LogP contribution in [0.1, 0.15) is 31.4 Å². The number of nitrogens with one attached hydrogen (secondary N) is 1. The minimum atomic E-state index is 0.394. The summed E-state index contributed by atoms with van der Waals surface area (Å²) in [5, 5.41) is 8.69. The number of halogens is 1. The second-order valence-electron chi connectivity index (χ2n) is 5.39. The van der Waals surface area contributed by atoms with Gasteiger partial charge in [-0.1, -0.05) is 11.6 Å². The number of aromatic nitrogens is 3. The van der Waals surface area contributed by atoms with Gasteiger partial charge in [0.2, 0.25) is 0 Å². The Labute approximate surface area is 134 Å². The summed E-state index contributed by atoms with van der Waals surface area (Å²) in [5.41, 5.74) is 1.34. The van der Waals surface area contributed by atoms with Crippen LogP contribution in [-0.4, -0.2) is 26.6 Å². The molecule has 2 aromatic rings. The number of aryl methyl sites for hydroxylation is 1. The third-order valence-electron chi connectivity index (χ3n) is 3.75. The van der Waals surface area contributed by atoms with Gasteiger partial charge in [-0.2, -0.15) is 5.10 Å². The number of thioether (sulfide) groups is 1. The van der Waals surface area contributed by atoms with Crippen LogP contribution in [0.2, 0.25) is 5.02 Å². The van der Waals surface area contributed by atoms with E-state index in [-0.39, 0.29) is 0 Å². The lowest BCUT2D eigenvalue weighted by Gasteiger charge is -2.29. The van der Waals surface area contributed by atoms with Crippen molar-refractivity contribution in [1.82, 2.24) is 20.1 Å². The van der Waals surface area contributed by atoms with E-state index in [1.807, 2.05) is 22.5 Å². The van der Waals surface area contributed by atoms with Crippen LogP contribution in [0, 0.1) is 0 Å². The Morgan fingerprint density at radius 1 is 1.52 bits per heavy atom. The van der Waals surface area contributed by atoms with E-state index in [4.69, 9.17) is 11.6 Å². The van der Waals surface area contributed by atoms with Gasteiger partial charge < -0.3 is 5.32 Å². The third-order valence-corrected chi connectivity index (χ3v) is 5.11. The van der Waals surface area contributed by atoms with Crippen molar-refractivity contribution in [2.75, 3.05) is 5.75 Å². The molecule has 1 N–H and O–H groups in total. The van der Waals surface area contributed by atoms with Crippen molar-refractivity contribution in [3.63, 3.8) is 0 Å². The highest BCUT2D eigenvalue weighted by atomic mass is 35.5. The fraction of sp³-hybridized carbons (Fsp3) is 0.467. The molecule has 21 heavy (non-hydrogen) atoms. The molecule has 6 heteroatoms. The van der Waals surface area contributed by atoms with E-state index in [1.54, 1.807) is 12.7 Å². The minimum Gasteiger partial charge on any atom is -0.307 e. The number of nitrogens with zero attached hydrogens (tertiary/aromatic N) is 3. The molecule has 3 rings (SSSR count). The van der Waals surface area contributed by atoms with Crippen LogP contribution in [0.4, 0.5) is 0 Å². The van der Waals surface area contributed by atoms with Crippen LogP contribution < -0.4 is 5.32 Å². The van der Waals surface area contributed by atoms with Crippen LogP contribution in [-0.2, 0) is 6.54 Å². The van der Waals surface area contributed by atoms with E-state index >= 15 is 0 Å². The quantitative estimate of drug-likeness (QED) is 0.914. The topological polar surface area (TPSA) is 42.7 Å². The lowest BCUT2D eigenvalue weighted by Crippen LogP contribution is -2.33. The number of fused-ring (bicyclic) bond motifs is 1. The molecule has 2 heterocycles. The van der Waals surface area contributed by atoms with Gasteiger partial charge in [0.05, 0.1) is 0 Å². The van der Waals surface area contributed by atoms with Crippen molar-refractivity contribution in [3.8, 4) is 0 Å². The first-order chi connectivity index (χ1) is 10.2. The maximum atomic E-state index is 6.15. The van der Waals surface area contributed by atoms with Crippen molar-refractivity contribution in [1.29, 1.82) is 0 Å². The normalized spacial score (nSPS) is 19.2. The highest BCUT2D eigenvalue weighted by Gasteiger charge is 2.22. The second-order valence-corrected chi connectivity index (χ2v) is 6.96. The summed E-state index contributed by atoms with van der Waals surface area (Å²) in [6.07, 6.45) is 5.52. The Morgan fingerprint density at radius 2 is 2.43 bits per heavy atom. The van der Waals surface area contributed by atoms with Gasteiger partial charge >= 0.3 is 0 Å². The van der Waals surface area contributed by atoms with E-state index in [0.29, 0.717) is 12.1 Å². The van der Waals surface area contributed by atoms with Gasteiger partial charge in [0.1, 0.15) is 12.7 Å². The predicted octanol–water partition coefficient (Wildman–Crippen LogP) is 3.54. The molecule has 0 saturated heterocycles. The van der Waals surface area contributed by atoms with Gasteiger partial charge in [0.25, 0.3) is 0 Å². The Bertz CT molecular complexity index is 587. The SMILES string of the molecule is CC(CCn1cncn1)NC1CCSc2ccc(Cl)cc21. The Morgan fingerprint density at radius 3 is 3.24 bits per heavy atom. The zero-order valence-corrected chi connectivity index (χ0v) is 13.6. The van der Waals surface area contributed by atoms with E-state index < -0.39 is 0 Å². The molecule has 112 valence electrons. The summed E-state index contributed by atoms with van der Waals surface area (Å²) < 4.78 is 1.87. The van der Waals surface area contributed by atoms with E-state index in [1.165, 1.54) is 10.5 Å². The van der Waals surface area contributed by atoms with Gasteiger partial charge in [-0.25, -0.2) is 4.98 Å². The molecule has 1 aliphatic heterocycles. The smallest absolute Gasteiger partial charge is 0.137 e. The molecule has 0 aliphatic carbocycles. The van der Waals surface area contributed by atoms with E-state index in [2.05, 4.69) is 34.5 Å². The van der Waals surface area contributed by atoms with Gasteiger partial charge in [-0.15, -0.1) is 11.8 Å². The van der Waals surface area contributed by atoms with E-state index in [0.717, 1.165) is 30.2 Å². The Balaban J connectivity index is 1.61. The highest BCUT2D eigenvalue weighted by Crippen LogP contribution is 2.37. The Hall–Kier alpha value is -1.04. The second kappa shape index (κ2) is 6.81. The van der Waals surface area contributed by atoms with Crippen LogP contribution >= 0.6 is 23.4 Å². The molecular formula is C15H19ClN4S. The summed E-state index contributed by atoms with van der Waals surface area (Å²) in [6.45, 7) is 3.11. The molecule has 2 unspecified atom stereocenters. The van der Waals surface area contributed by atoms with Crippen LogP contribution in [0.5, 0.6) is 0 Å². The molecule has 0 amide bonds. The standard InChI is InChI=1S/C15H19ClN4S/c1-11(4-6-20-10-17-9-18-20)19-14-5-7-21-15-3-2-12(16)8-13(14)15/h2-3,8-11,14,19H,4-7H2,1H3. The molecule has 0 saturated carbocycles. The molecule has 0 bridgehead atoms. The maximum Gasteiger partial charge on any atom is 0.137 e. The van der Waals surface area contributed by atoms with Gasteiger partial charge in [-0.05, 0) is 49.3 Å². The largest absolute Gasteiger partial charge is 0.307 e. The summed E-state index contributed by atoms with van der Waals surface area (Å²) in [6, 6.07) is 7.03. The molecule has 0 spiro atoms. The van der Waals surface area contributed by atoms with Gasteiger partial charge in [-0.3, -0.25) is 4.68 Å². The molecule has 1 aromatic carbocycles. The van der Waals surface area contributed by atoms with Crippen LogP contribution in [0.25, 0.3) is 0 Å². The minimum absolute atomic E-state index is 0.394. The summed E-state index contributed by atoms with van der Waals surface area (Å²) in [4.78, 5) is 5.32. The zero-order valence-electron chi connectivity index (χ0n) is 12.0. The third kappa shape index (κ3) is 3.78. The lowest BCUT2D eigenvalue weighted by atomic mass is 10.0. The summed E-state index contributed by atoms with van der Waals surface area (Å²) in [5.74, 6) is 1.15. The van der Waals surface area contributed by atoms with Gasteiger partial charge in [0, 0.05) is 28.5 Å². The molecular weight excluding hydrogens is 304 g/mol. The molecule has 2 atom stereocenters. The maximum absolute atomic E-state index is 6.15. The van der Waals surface area contributed by atoms with E-state index in [9.17, 15) is 0 Å². The zero-order chi connectivity index (χ0) is 14.7. The first-order valence-electron chi connectivity index (χ1n) is 7.23. The van der Waals surface area contributed by atoms with Crippen LogP contribution in [0.15, 0.2) is 35.7 Å².